The third-order valence-electron chi connectivity index (χ3n) is 2.89. The molecular weight excluding hydrogens is 280 g/mol. The third kappa shape index (κ3) is 3.71. The number of aromatic nitrogens is 2. The van der Waals surface area contributed by atoms with E-state index in [9.17, 15) is 10.1 Å². The first-order chi connectivity index (χ1) is 9.68. The van der Waals surface area contributed by atoms with Crippen LogP contribution in [0.1, 0.15) is 12.8 Å². The largest absolute Gasteiger partial charge is 0.378 e. The molecular formula is C13H15ClN4O2. The zero-order chi connectivity index (χ0) is 14.4. The Morgan fingerprint density at radius 1 is 1.40 bits per heavy atom. The van der Waals surface area contributed by atoms with E-state index >= 15 is 0 Å². The lowest BCUT2D eigenvalue weighted by atomic mass is 10.2. The van der Waals surface area contributed by atoms with E-state index in [4.69, 9.17) is 11.6 Å². The minimum atomic E-state index is -0.431. The molecule has 20 heavy (non-hydrogen) atoms. The van der Waals surface area contributed by atoms with Gasteiger partial charge in [-0.25, -0.2) is 4.98 Å². The Hall–Kier alpha value is -2.08. The fourth-order valence-corrected chi connectivity index (χ4v) is 2.13. The molecule has 106 valence electrons. The molecule has 0 aliphatic heterocycles. The number of rotatable bonds is 7. The number of nitrogens with zero attached hydrogens (tertiary/aromatic N) is 3. The van der Waals surface area contributed by atoms with Gasteiger partial charge in [-0.3, -0.25) is 10.1 Å². The summed E-state index contributed by atoms with van der Waals surface area (Å²) >= 11 is 5.99. The molecule has 0 saturated heterocycles. The van der Waals surface area contributed by atoms with Crippen LogP contribution < -0.4 is 5.32 Å². The molecule has 0 unspecified atom stereocenters. The third-order valence-corrected chi connectivity index (χ3v) is 3.21. The van der Waals surface area contributed by atoms with E-state index in [1.165, 1.54) is 6.07 Å². The van der Waals surface area contributed by atoms with Gasteiger partial charge in [-0.05, 0) is 18.9 Å². The smallest absolute Gasteiger partial charge is 0.293 e. The number of benzene rings is 1. The second-order valence-electron chi connectivity index (χ2n) is 4.33. The highest BCUT2D eigenvalue weighted by molar-refractivity contribution is 6.33. The second-order valence-corrected chi connectivity index (χ2v) is 4.73. The summed E-state index contributed by atoms with van der Waals surface area (Å²) in [5.41, 5.74) is 0.397. The second kappa shape index (κ2) is 6.91. The summed E-state index contributed by atoms with van der Waals surface area (Å²) in [6, 6.07) is 4.66. The van der Waals surface area contributed by atoms with Crippen molar-refractivity contribution in [2.45, 2.75) is 19.4 Å². The van der Waals surface area contributed by atoms with Gasteiger partial charge in [0.1, 0.15) is 5.69 Å². The number of unbranched alkanes of at least 4 members (excludes halogenated alkanes) is 1. The average molecular weight is 295 g/mol. The molecule has 0 bridgehead atoms. The molecule has 0 saturated carbocycles. The van der Waals surface area contributed by atoms with Crippen LogP contribution in [-0.4, -0.2) is 21.0 Å². The van der Waals surface area contributed by atoms with Crippen molar-refractivity contribution in [2.75, 3.05) is 11.9 Å². The van der Waals surface area contributed by atoms with E-state index in [-0.39, 0.29) is 5.69 Å². The molecule has 1 N–H and O–H groups in total. The van der Waals surface area contributed by atoms with Gasteiger partial charge in [-0.15, -0.1) is 0 Å². The molecule has 7 heteroatoms. The number of hydrogen-bond acceptors (Lipinski definition) is 4. The number of hydrogen-bond donors (Lipinski definition) is 1. The SMILES string of the molecule is O=[N+]([O-])c1cccc(Cl)c1NCCCCn1ccnc1. The molecule has 0 atom stereocenters. The number of nitro groups is 1. The van der Waals surface area contributed by atoms with Crippen LogP contribution in [0.3, 0.4) is 0 Å². The highest BCUT2D eigenvalue weighted by Crippen LogP contribution is 2.31. The standard InChI is InChI=1S/C13H15ClN4O2/c14-11-4-3-5-12(18(19)20)13(11)16-6-1-2-8-17-9-7-15-10-17/h3-5,7,9-10,16H,1-2,6,8H2. The first kappa shape index (κ1) is 14.3. The molecule has 0 aliphatic carbocycles. The van der Waals surface area contributed by atoms with Gasteiger partial charge < -0.3 is 9.88 Å². The Morgan fingerprint density at radius 3 is 2.95 bits per heavy atom. The van der Waals surface area contributed by atoms with Gasteiger partial charge in [0.15, 0.2) is 0 Å². The van der Waals surface area contributed by atoms with E-state index in [0.29, 0.717) is 17.3 Å². The van der Waals surface area contributed by atoms with Gasteiger partial charge in [0.25, 0.3) is 5.69 Å². The molecule has 1 aromatic carbocycles. The number of anilines is 1. The number of aryl methyl sites for hydroxylation is 1. The van der Waals surface area contributed by atoms with Crippen LogP contribution in [0.2, 0.25) is 5.02 Å². The number of para-hydroxylation sites is 1. The van der Waals surface area contributed by atoms with Crippen molar-refractivity contribution in [1.82, 2.24) is 9.55 Å². The number of halogens is 1. The molecule has 6 nitrogen and oxygen atoms in total. The van der Waals surface area contributed by atoms with Gasteiger partial charge in [0.05, 0.1) is 16.3 Å². The maximum Gasteiger partial charge on any atom is 0.293 e. The van der Waals surface area contributed by atoms with Crippen LogP contribution in [0.25, 0.3) is 0 Å². The van der Waals surface area contributed by atoms with E-state index in [1.807, 2.05) is 10.8 Å². The fourth-order valence-electron chi connectivity index (χ4n) is 1.89. The zero-order valence-electron chi connectivity index (χ0n) is 10.8. The Kier molecular flexibility index (Phi) is 4.95. The lowest BCUT2D eigenvalue weighted by molar-refractivity contribution is -0.383. The lowest BCUT2D eigenvalue weighted by Crippen LogP contribution is -2.06. The Bertz CT molecular complexity index is 572. The molecule has 0 aliphatic rings. The predicted molar refractivity (Wildman–Crippen MR) is 78.1 cm³/mol. The topological polar surface area (TPSA) is 73.0 Å². The summed E-state index contributed by atoms with van der Waals surface area (Å²) < 4.78 is 2.00. The van der Waals surface area contributed by atoms with Gasteiger partial charge in [-0.2, -0.15) is 0 Å². The highest BCUT2D eigenvalue weighted by atomic mass is 35.5. The van der Waals surface area contributed by atoms with Crippen LogP contribution in [0.4, 0.5) is 11.4 Å². The van der Waals surface area contributed by atoms with Crippen molar-refractivity contribution in [2.24, 2.45) is 0 Å². The van der Waals surface area contributed by atoms with Gasteiger partial charge >= 0.3 is 0 Å². The minimum absolute atomic E-state index is 0.00658. The van der Waals surface area contributed by atoms with Crippen LogP contribution >= 0.6 is 11.6 Å². The number of imidazole rings is 1. The zero-order valence-corrected chi connectivity index (χ0v) is 11.6. The molecule has 1 aromatic heterocycles. The summed E-state index contributed by atoms with van der Waals surface area (Å²) in [4.78, 5) is 14.5. The molecule has 1 heterocycles. The summed E-state index contributed by atoms with van der Waals surface area (Å²) in [7, 11) is 0. The van der Waals surface area contributed by atoms with Crippen molar-refractivity contribution in [3.8, 4) is 0 Å². The Labute approximate surface area is 121 Å². The molecule has 0 fully saturated rings. The summed E-state index contributed by atoms with van der Waals surface area (Å²) in [6.07, 6.45) is 7.27. The van der Waals surface area contributed by atoms with E-state index in [0.717, 1.165) is 19.4 Å². The molecule has 0 spiro atoms. The summed E-state index contributed by atoms with van der Waals surface area (Å²) in [5, 5.41) is 14.3. The van der Waals surface area contributed by atoms with Crippen molar-refractivity contribution >= 4 is 23.0 Å². The van der Waals surface area contributed by atoms with Crippen LogP contribution in [0, 0.1) is 10.1 Å². The van der Waals surface area contributed by atoms with E-state index < -0.39 is 4.92 Å². The van der Waals surface area contributed by atoms with Crippen LogP contribution in [0.5, 0.6) is 0 Å². The molecule has 2 rings (SSSR count). The Balaban J connectivity index is 1.83. The van der Waals surface area contributed by atoms with Crippen molar-refractivity contribution < 1.29 is 4.92 Å². The number of nitrogens with one attached hydrogen (secondary N) is 1. The quantitative estimate of drug-likeness (QED) is 0.483. The Morgan fingerprint density at radius 2 is 2.25 bits per heavy atom. The van der Waals surface area contributed by atoms with Gasteiger partial charge in [0.2, 0.25) is 0 Å². The van der Waals surface area contributed by atoms with Crippen LogP contribution in [-0.2, 0) is 6.54 Å². The fraction of sp³-hybridized carbons (Fsp3) is 0.308. The summed E-state index contributed by atoms with van der Waals surface area (Å²) in [5.74, 6) is 0. The monoisotopic (exact) mass is 294 g/mol. The molecule has 0 amide bonds. The van der Waals surface area contributed by atoms with Crippen molar-refractivity contribution in [3.63, 3.8) is 0 Å². The molecule has 2 aromatic rings. The average Bonchev–Trinajstić information content (AvgIpc) is 2.92. The van der Waals surface area contributed by atoms with E-state index in [2.05, 4.69) is 10.3 Å². The highest BCUT2D eigenvalue weighted by Gasteiger charge is 2.15. The lowest BCUT2D eigenvalue weighted by Gasteiger charge is -2.09. The maximum absolute atomic E-state index is 10.9. The van der Waals surface area contributed by atoms with Crippen LogP contribution in [0.15, 0.2) is 36.9 Å². The maximum atomic E-state index is 10.9. The first-order valence-corrected chi connectivity index (χ1v) is 6.69. The van der Waals surface area contributed by atoms with Crippen molar-refractivity contribution in [1.29, 1.82) is 0 Å². The minimum Gasteiger partial charge on any atom is -0.378 e. The molecule has 0 radical (unpaired) electrons. The van der Waals surface area contributed by atoms with Crippen molar-refractivity contribution in [3.05, 3.63) is 52.1 Å². The number of nitro benzene ring substituents is 1. The van der Waals surface area contributed by atoms with Gasteiger partial charge in [-0.1, -0.05) is 17.7 Å². The van der Waals surface area contributed by atoms with E-state index in [1.54, 1.807) is 24.7 Å². The normalized spacial score (nSPS) is 10.4. The first-order valence-electron chi connectivity index (χ1n) is 6.31. The summed E-state index contributed by atoms with van der Waals surface area (Å²) in [6.45, 7) is 1.52. The predicted octanol–water partition coefficient (Wildman–Crippen LogP) is 3.34. The van der Waals surface area contributed by atoms with Gasteiger partial charge in [0, 0.05) is 31.5 Å².